The molecule has 1 aromatic carbocycles. The van der Waals surface area contributed by atoms with Crippen LogP contribution in [0.15, 0.2) is 45.5 Å². The van der Waals surface area contributed by atoms with E-state index in [1.807, 2.05) is 30.5 Å². The number of thiazole rings is 1. The minimum Gasteiger partial charge on any atom is -0.411 e. The van der Waals surface area contributed by atoms with Gasteiger partial charge in [-0.3, -0.25) is 0 Å². The van der Waals surface area contributed by atoms with Gasteiger partial charge in [0.25, 0.3) is 11.1 Å². The maximum atomic E-state index is 5.84. The highest BCUT2D eigenvalue weighted by Crippen LogP contribution is 2.30. The Morgan fingerprint density at radius 3 is 3.00 bits per heavy atom. The first kappa shape index (κ1) is 17.3. The van der Waals surface area contributed by atoms with Gasteiger partial charge >= 0.3 is 0 Å². The van der Waals surface area contributed by atoms with E-state index in [0.717, 1.165) is 34.3 Å². The van der Waals surface area contributed by atoms with Crippen LogP contribution in [0.5, 0.6) is 0 Å². The van der Waals surface area contributed by atoms with Gasteiger partial charge in [0.15, 0.2) is 0 Å². The lowest BCUT2D eigenvalue weighted by molar-refractivity contribution is 0.466. The van der Waals surface area contributed by atoms with Crippen LogP contribution in [-0.2, 0) is 12.2 Å². The molecule has 0 fully saturated rings. The second kappa shape index (κ2) is 7.63. The van der Waals surface area contributed by atoms with Gasteiger partial charge in [-0.2, -0.15) is 0 Å². The first-order valence-electron chi connectivity index (χ1n) is 8.65. The van der Waals surface area contributed by atoms with Crippen molar-refractivity contribution in [3.63, 3.8) is 0 Å². The summed E-state index contributed by atoms with van der Waals surface area (Å²) in [7, 11) is 0. The molecule has 0 spiro atoms. The van der Waals surface area contributed by atoms with E-state index in [9.17, 15) is 0 Å². The zero-order valence-corrected chi connectivity index (χ0v) is 16.4. The summed E-state index contributed by atoms with van der Waals surface area (Å²) in [6.07, 6.45) is 4.14. The quantitative estimate of drug-likeness (QED) is 0.423. The van der Waals surface area contributed by atoms with E-state index in [1.165, 1.54) is 23.2 Å². The highest BCUT2D eigenvalue weighted by molar-refractivity contribution is 7.98. The molecule has 0 saturated carbocycles. The lowest BCUT2D eigenvalue weighted by Gasteiger charge is -2.00. The maximum Gasteiger partial charge on any atom is 0.277 e. The van der Waals surface area contributed by atoms with Gasteiger partial charge in [0.2, 0.25) is 0 Å². The normalized spacial score (nSPS) is 11.7. The van der Waals surface area contributed by atoms with Crippen molar-refractivity contribution in [1.29, 1.82) is 0 Å². The first-order chi connectivity index (χ1) is 12.7. The average Bonchev–Trinajstić information content (AvgIpc) is 3.36. The number of fused-ring (bicyclic) bond motifs is 1. The molecule has 0 aliphatic rings. The molecule has 0 unspecified atom stereocenters. The smallest absolute Gasteiger partial charge is 0.277 e. The summed E-state index contributed by atoms with van der Waals surface area (Å²) >= 11 is 3.26. The van der Waals surface area contributed by atoms with E-state index in [0.29, 0.717) is 17.0 Å². The van der Waals surface area contributed by atoms with Crippen LogP contribution in [0.1, 0.15) is 31.0 Å². The maximum absolute atomic E-state index is 5.84. The van der Waals surface area contributed by atoms with Crippen LogP contribution in [0.3, 0.4) is 0 Å². The predicted molar refractivity (Wildman–Crippen MR) is 106 cm³/mol. The number of aromatic amines is 1. The fourth-order valence-corrected chi connectivity index (χ4v) is 4.28. The Labute approximate surface area is 160 Å². The number of benzene rings is 1. The molecule has 3 aromatic heterocycles. The van der Waals surface area contributed by atoms with Gasteiger partial charge in [-0.15, -0.1) is 21.5 Å². The van der Waals surface area contributed by atoms with Gasteiger partial charge in [0.05, 0.1) is 16.3 Å². The Kier molecular flexibility index (Phi) is 5.08. The molecule has 4 rings (SSSR count). The van der Waals surface area contributed by atoms with Crippen LogP contribution in [-0.4, -0.2) is 20.2 Å². The Bertz CT molecular complexity index is 1000. The third kappa shape index (κ3) is 3.83. The van der Waals surface area contributed by atoms with Gasteiger partial charge in [0, 0.05) is 28.2 Å². The zero-order chi connectivity index (χ0) is 17.9. The van der Waals surface area contributed by atoms with Gasteiger partial charge in [-0.05, 0) is 24.8 Å². The van der Waals surface area contributed by atoms with E-state index in [4.69, 9.17) is 9.40 Å². The third-order valence-corrected chi connectivity index (χ3v) is 5.91. The molecule has 0 atom stereocenters. The molecule has 0 radical (unpaired) electrons. The van der Waals surface area contributed by atoms with Crippen LogP contribution in [0, 0.1) is 5.92 Å². The number of nitrogens with one attached hydrogen (secondary N) is 1. The second-order valence-corrected chi connectivity index (χ2v) is 8.44. The molecule has 0 aliphatic carbocycles. The zero-order valence-electron chi connectivity index (χ0n) is 14.7. The van der Waals surface area contributed by atoms with E-state index in [1.54, 1.807) is 11.3 Å². The third-order valence-electron chi connectivity index (χ3n) is 4.10. The standard InChI is InChI=1S/C19H20N4OS2/c1-12(2)7-8-17-21-13(10-25-17)11-26-19-23-22-18(24-19)15-9-20-16-6-4-3-5-14(15)16/h3-6,9-10,12,20H,7-8,11H2,1-2H3. The number of hydrogen-bond donors (Lipinski definition) is 1. The van der Waals surface area contributed by atoms with Crippen molar-refractivity contribution in [3.8, 4) is 11.5 Å². The summed E-state index contributed by atoms with van der Waals surface area (Å²) in [4.78, 5) is 7.93. The van der Waals surface area contributed by atoms with E-state index < -0.39 is 0 Å². The topological polar surface area (TPSA) is 67.6 Å². The van der Waals surface area contributed by atoms with Crippen LogP contribution < -0.4 is 0 Å². The van der Waals surface area contributed by atoms with Crippen molar-refractivity contribution in [1.82, 2.24) is 20.2 Å². The molecule has 134 valence electrons. The largest absolute Gasteiger partial charge is 0.411 e. The molecule has 5 nitrogen and oxygen atoms in total. The number of hydrogen-bond acceptors (Lipinski definition) is 6. The molecule has 0 saturated heterocycles. The SMILES string of the molecule is CC(C)CCc1nc(CSc2nnc(-c3c[nH]c4ccccc34)o2)cs1. The van der Waals surface area contributed by atoms with Gasteiger partial charge in [-0.1, -0.05) is 43.8 Å². The number of aryl methyl sites for hydroxylation is 1. The fraction of sp³-hybridized carbons (Fsp3) is 0.316. The number of aromatic nitrogens is 4. The van der Waals surface area contributed by atoms with Crippen LogP contribution in [0.25, 0.3) is 22.4 Å². The Morgan fingerprint density at radius 2 is 2.12 bits per heavy atom. The second-order valence-electron chi connectivity index (χ2n) is 6.57. The van der Waals surface area contributed by atoms with E-state index in [2.05, 4.69) is 34.4 Å². The number of para-hydroxylation sites is 1. The number of rotatable bonds is 7. The molecule has 4 aromatic rings. The summed E-state index contributed by atoms with van der Waals surface area (Å²) in [5.74, 6) is 1.99. The van der Waals surface area contributed by atoms with E-state index >= 15 is 0 Å². The predicted octanol–water partition coefficient (Wildman–Crippen LogP) is 5.56. The van der Waals surface area contributed by atoms with Crippen LogP contribution in [0.2, 0.25) is 0 Å². The van der Waals surface area contributed by atoms with Crippen molar-refractivity contribution in [2.75, 3.05) is 0 Å². The molecule has 0 aliphatic heterocycles. The average molecular weight is 385 g/mol. The molecular weight excluding hydrogens is 364 g/mol. The number of nitrogens with zero attached hydrogens (tertiary/aromatic N) is 3. The highest BCUT2D eigenvalue weighted by Gasteiger charge is 2.14. The van der Waals surface area contributed by atoms with Gasteiger partial charge in [-0.25, -0.2) is 4.98 Å². The van der Waals surface area contributed by atoms with Crippen molar-refractivity contribution < 1.29 is 4.42 Å². The minimum atomic E-state index is 0.542. The Balaban J connectivity index is 1.41. The molecule has 7 heteroatoms. The molecule has 1 N–H and O–H groups in total. The number of H-pyrrole nitrogens is 1. The molecular formula is C19H20N4OS2. The molecule has 3 heterocycles. The van der Waals surface area contributed by atoms with Crippen molar-refractivity contribution in [3.05, 3.63) is 46.5 Å². The Hall–Kier alpha value is -2.12. The van der Waals surface area contributed by atoms with Crippen molar-refractivity contribution >= 4 is 34.0 Å². The van der Waals surface area contributed by atoms with Crippen LogP contribution >= 0.6 is 23.1 Å². The summed E-state index contributed by atoms with van der Waals surface area (Å²) in [5.41, 5.74) is 3.07. The summed E-state index contributed by atoms with van der Waals surface area (Å²) < 4.78 is 5.84. The van der Waals surface area contributed by atoms with Crippen molar-refractivity contribution in [2.45, 2.75) is 37.7 Å². The number of thioether (sulfide) groups is 1. The first-order valence-corrected chi connectivity index (χ1v) is 10.5. The van der Waals surface area contributed by atoms with Crippen molar-refractivity contribution in [2.24, 2.45) is 5.92 Å². The molecule has 0 bridgehead atoms. The van der Waals surface area contributed by atoms with Gasteiger partial charge in [0.1, 0.15) is 0 Å². The lowest BCUT2D eigenvalue weighted by Crippen LogP contribution is -1.92. The Morgan fingerprint density at radius 1 is 1.23 bits per heavy atom. The lowest BCUT2D eigenvalue weighted by atomic mass is 10.1. The summed E-state index contributed by atoms with van der Waals surface area (Å²) in [6.45, 7) is 4.48. The van der Waals surface area contributed by atoms with E-state index in [-0.39, 0.29) is 0 Å². The molecule has 26 heavy (non-hydrogen) atoms. The summed E-state index contributed by atoms with van der Waals surface area (Å²) in [5, 5.41) is 13.4. The summed E-state index contributed by atoms with van der Waals surface area (Å²) in [6, 6.07) is 8.09. The minimum absolute atomic E-state index is 0.542. The molecule has 0 amide bonds. The van der Waals surface area contributed by atoms with Gasteiger partial charge < -0.3 is 9.40 Å². The fourth-order valence-electron chi connectivity index (χ4n) is 2.70. The monoisotopic (exact) mass is 384 g/mol. The van der Waals surface area contributed by atoms with Crippen LogP contribution in [0.4, 0.5) is 0 Å². The highest BCUT2D eigenvalue weighted by atomic mass is 32.2.